The average Bonchev–Trinajstić information content (AvgIpc) is 2.69. The molecule has 0 spiro atoms. The molecule has 0 atom stereocenters. The minimum Gasteiger partial charge on any atom is -0.383 e. The van der Waals surface area contributed by atoms with Crippen molar-refractivity contribution in [3.63, 3.8) is 0 Å². The van der Waals surface area contributed by atoms with Crippen LogP contribution < -0.4 is 26.8 Å². The molecule has 0 aliphatic heterocycles. The Morgan fingerprint density at radius 2 is 1.93 bits per heavy atom. The van der Waals surface area contributed by atoms with Gasteiger partial charge in [-0.3, -0.25) is 24.0 Å². The van der Waals surface area contributed by atoms with Gasteiger partial charge in [0.25, 0.3) is 11.5 Å². The summed E-state index contributed by atoms with van der Waals surface area (Å²) >= 11 is 0. The number of carbonyl (C=O) groups excluding carboxylic acids is 1. The molecule has 2 heterocycles. The van der Waals surface area contributed by atoms with Gasteiger partial charge >= 0.3 is 5.69 Å². The van der Waals surface area contributed by atoms with Gasteiger partial charge in [0.1, 0.15) is 5.82 Å². The maximum absolute atomic E-state index is 13.3. The third-order valence-electron chi connectivity index (χ3n) is 4.72. The number of nitrogens with one attached hydrogen (secondary N) is 1. The van der Waals surface area contributed by atoms with Gasteiger partial charge in [0, 0.05) is 27.2 Å². The van der Waals surface area contributed by atoms with Crippen molar-refractivity contribution in [3.05, 3.63) is 38.7 Å². The summed E-state index contributed by atoms with van der Waals surface area (Å²) < 4.78 is 1.30. The number of hydrogen-bond donors (Lipinski definition) is 2. The highest BCUT2D eigenvalue weighted by Crippen LogP contribution is 2.21. The van der Waals surface area contributed by atoms with Gasteiger partial charge in [0.15, 0.2) is 17.2 Å². The van der Waals surface area contributed by atoms with Crippen LogP contribution in [0.3, 0.4) is 0 Å². The maximum atomic E-state index is 13.3. The number of amides is 1. The Hall–Kier alpha value is -3.17. The highest BCUT2D eigenvalue weighted by molar-refractivity contribution is 6.05. The molecule has 0 aromatic carbocycles. The summed E-state index contributed by atoms with van der Waals surface area (Å²) in [4.78, 5) is 43.5. The van der Waals surface area contributed by atoms with Crippen molar-refractivity contribution in [2.45, 2.75) is 46.6 Å². The Labute approximate surface area is 175 Å². The van der Waals surface area contributed by atoms with E-state index in [1.54, 1.807) is 17.0 Å². The normalized spacial score (nSPS) is 11.0. The first-order valence-corrected chi connectivity index (χ1v) is 10.1. The molecular formula is C20H31N7O3. The molecule has 2 rings (SSSR count). The van der Waals surface area contributed by atoms with E-state index in [9.17, 15) is 14.4 Å². The molecule has 30 heavy (non-hydrogen) atoms. The van der Waals surface area contributed by atoms with E-state index in [0.717, 1.165) is 6.42 Å². The van der Waals surface area contributed by atoms with E-state index in [-0.39, 0.29) is 29.7 Å². The molecule has 2 aromatic rings. The number of carbonyl (C=O) groups is 1. The minimum absolute atomic E-state index is 0.0211. The predicted molar refractivity (Wildman–Crippen MR) is 118 cm³/mol. The molecule has 10 heteroatoms. The van der Waals surface area contributed by atoms with E-state index in [0.29, 0.717) is 25.2 Å². The van der Waals surface area contributed by atoms with E-state index in [1.165, 1.54) is 9.47 Å². The molecule has 0 saturated heterocycles. The minimum atomic E-state index is -0.694. The van der Waals surface area contributed by atoms with Crippen molar-refractivity contribution >= 4 is 23.2 Å². The monoisotopic (exact) mass is 417 g/mol. The fourth-order valence-electron chi connectivity index (χ4n) is 2.89. The Bertz CT molecular complexity index is 977. The van der Waals surface area contributed by atoms with Crippen LogP contribution in [0.5, 0.6) is 0 Å². The van der Waals surface area contributed by atoms with Crippen molar-refractivity contribution in [2.75, 3.05) is 36.2 Å². The second kappa shape index (κ2) is 10.0. The third-order valence-corrected chi connectivity index (χ3v) is 4.72. The molecule has 10 nitrogen and oxygen atoms in total. The van der Waals surface area contributed by atoms with Crippen LogP contribution in [0.1, 0.15) is 50.5 Å². The van der Waals surface area contributed by atoms with Gasteiger partial charge in [0.2, 0.25) is 0 Å². The smallest absolute Gasteiger partial charge is 0.330 e. The topological polar surface area (TPSA) is 130 Å². The summed E-state index contributed by atoms with van der Waals surface area (Å²) in [6.45, 7) is 6.64. The van der Waals surface area contributed by atoms with Crippen LogP contribution in [0.25, 0.3) is 0 Å². The van der Waals surface area contributed by atoms with Gasteiger partial charge in [-0.05, 0) is 30.9 Å². The van der Waals surface area contributed by atoms with Crippen LogP contribution >= 0.6 is 0 Å². The second-order valence-electron chi connectivity index (χ2n) is 7.81. The molecule has 0 radical (unpaired) electrons. The molecule has 1 amide bonds. The van der Waals surface area contributed by atoms with Gasteiger partial charge in [-0.1, -0.05) is 27.2 Å². The van der Waals surface area contributed by atoms with Crippen molar-refractivity contribution < 1.29 is 4.79 Å². The maximum Gasteiger partial charge on any atom is 0.330 e. The summed E-state index contributed by atoms with van der Waals surface area (Å²) in [5.41, 5.74) is 5.00. The van der Waals surface area contributed by atoms with Crippen LogP contribution in [0, 0.1) is 5.92 Å². The molecule has 0 saturated carbocycles. The largest absolute Gasteiger partial charge is 0.383 e. The molecule has 3 N–H and O–H groups in total. The Kier molecular flexibility index (Phi) is 7.73. The van der Waals surface area contributed by atoms with E-state index in [1.807, 2.05) is 34.9 Å². The highest BCUT2D eigenvalue weighted by Gasteiger charge is 2.26. The molecule has 0 aliphatic rings. The summed E-state index contributed by atoms with van der Waals surface area (Å²) in [5, 5.41) is 8.06. The van der Waals surface area contributed by atoms with Crippen molar-refractivity contribution in [2.24, 2.45) is 5.92 Å². The van der Waals surface area contributed by atoms with Gasteiger partial charge in [-0.2, -0.15) is 0 Å². The molecule has 0 fully saturated rings. The number of aromatic amines is 1. The van der Waals surface area contributed by atoms with Crippen LogP contribution in [-0.2, 0) is 6.54 Å². The molecule has 0 unspecified atom stereocenters. The molecule has 0 aliphatic carbocycles. The quantitative estimate of drug-likeness (QED) is 0.632. The van der Waals surface area contributed by atoms with E-state index >= 15 is 0 Å². The Morgan fingerprint density at radius 1 is 1.23 bits per heavy atom. The van der Waals surface area contributed by atoms with Crippen molar-refractivity contribution in [1.29, 1.82) is 0 Å². The van der Waals surface area contributed by atoms with Gasteiger partial charge < -0.3 is 10.6 Å². The van der Waals surface area contributed by atoms with Crippen molar-refractivity contribution in [3.8, 4) is 0 Å². The summed E-state index contributed by atoms with van der Waals surface area (Å²) in [6.07, 6.45) is 2.21. The predicted octanol–water partition coefficient (Wildman–Crippen LogP) is 1.47. The van der Waals surface area contributed by atoms with Crippen molar-refractivity contribution in [1.82, 2.24) is 19.7 Å². The van der Waals surface area contributed by atoms with E-state index in [2.05, 4.69) is 15.2 Å². The SMILES string of the molecule is CCCCn1c(N)c(N(CCC(C)C)C(=O)c2ccc(N(C)C)nn2)c(=O)[nH]c1=O. The summed E-state index contributed by atoms with van der Waals surface area (Å²) in [7, 11) is 3.64. The summed E-state index contributed by atoms with van der Waals surface area (Å²) in [6, 6.07) is 3.24. The number of rotatable bonds is 9. The number of nitrogens with zero attached hydrogens (tertiary/aromatic N) is 5. The number of H-pyrrole nitrogens is 1. The average molecular weight is 418 g/mol. The number of hydrogen-bond acceptors (Lipinski definition) is 7. The zero-order valence-corrected chi connectivity index (χ0v) is 18.3. The summed E-state index contributed by atoms with van der Waals surface area (Å²) in [5.74, 6) is 0.373. The second-order valence-corrected chi connectivity index (χ2v) is 7.81. The van der Waals surface area contributed by atoms with Crippen LogP contribution in [0.4, 0.5) is 17.3 Å². The van der Waals surface area contributed by atoms with Crippen LogP contribution in [0.15, 0.2) is 21.7 Å². The van der Waals surface area contributed by atoms with E-state index < -0.39 is 17.2 Å². The highest BCUT2D eigenvalue weighted by atomic mass is 16.2. The lowest BCUT2D eigenvalue weighted by Crippen LogP contribution is -2.42. The number of anilines is 3. The Morgan fingerprint density at radius 3 is 2.47 bits per heavy atom. The van der Waals surface area contributed by atoms with Crippen LogP contribution in [-0.4, -0.2) is 46.3 Å². The molecule has 164 valence electrons. The lowest BCUT2D eigenvalue weighted by molar-refractivity contribution is 0.0979. The first-order chi connectivity index (χ1) is 14.2. The number of nitrogens with two attached hydrogens (primary N) is 1. The van der Waals surface area contributed by atoms with E-state index in [4.69, 9.17) is 5.73 Å². The van der Waals surface area contributed by atoms with Crippen LogP contribution in [0.2, 0.25) is 0 Å². The molecule has 2 aromatic heterocycles. The van der Waals surface area contributed by atoms with Gasteiger partial charge in [-0.25, -0.2) is 4.79 Å². The fourth-order valence-corrected chi connectivity index (χ4v) is 2.89. The first-order valence-electron chi connectivity index (χ1n) is 10.1. The van der Waals surface area contributed by atoms with Gasteiger partial charge in [0.05, 0.1) is 0 Å². The molecule has 0 bridgehead atoms. The zero-order chi connectivity index (χ0) is 22.4. The fraction of sp³-hybridized carbons (Fsp3) is 0.550. The lowest BCUT2D eigenvalue weighted by atomic mass is 10.1. The standard InChI is InChI=1S/C20H31N7O3/c1-6-7-11-27-17(21)16(18(28)22-20(27)30)26(12-10-13(2)3)19(29)14-8-9-15(24-23-14)25(4)5/h8-9,13H,6-7,10-12,21H2,1-5H3,(H,22,28,30). The van der Waals surface area contributed by atoms with Gasteiger partial charge in [-0.15, -0.1) is 10.2 Å². The lowest BCUT2D eigenvalue weighted by Gasteiger charge is -2.25. The number of aromatic nitrogens is 4. The number of nitrogen functional groups attached to an aromatic ring is 1. The zero-order valence-electron chi connectivity index (χ0n) is 18.3. The number of unbranched alkanes of at least 4 members (excludes halogenated alkanes) is 1. The third kappa shape index (κ3) is 5.25. The first kappa shape index (κ1) is 23.1. The molecular weight excluding hydrogens is 386 g/mol. The Balaban J connectivity index is 2.54.